The van der Waals surface area contributed by atoms with Crippen LogP contribution < -0.4 is 15.7 Å². The summed E-state index contributed by atoms with van der Waals surface area (Å²) in [5.41, 5.74) is 1.35. The van der Waals surface area contributed by atoms with Crippen molar-refractivity contribution in [1.82, 2.24) is 5.32 Å². The van der Waals surface area contributed by atoms with Gasteiger partial charge in [0.05, 0.1) is 0 Å². The van der Waals surface area contributed by atoms with Crippen LogP contribution in [0.1, 0.15) is 50.7 Å². The molecule has 9 nitrogen and oxygen atoms in total. The number of carboxylic acids is 2. The van der Waals surface area contributed by atoms with Gasteiger partial charge in [-0.25, -0.2) is 9.59 Å². The first-order chi connectivity index (χ1) is 14.6. The Labute approximate surface area is 179 Å². The molecule has 3 N–H and O–H groups in total. The van der Waals surface area contributed by atoms with Gasteiger partial charge in [0.2, 0.25) is 0 Å². The zero-order valence-corrected chi connectivity index (χ0v) is 17.8. The molecule has 0 bridgehead atoms. The summed E-state index contributed by atoms with van der Waals surface area (Å²) in [6.07, 6.45) is 0.958. The fourth-order valence-corrected chi connectivity index (χ4v) is 3.17. The number of fused-ring (bicyclic) bond motifs is 1. The van der Waals surface area contributed by atoms with E-state index in [1.807, 2.05) is 0 Å². The molecule has 0 saturated heterocycles. The highest BCUT2D eigenvalue weighted by Gasteiger charge is 2.25. The number of hydrogen-bond donors (Lipinski definition) is 3. The number of carbonyl (C=O) groups excluding carboxylic acids is 1. The molecule has 0 fully saturated rings. The molecule has 9 heteroatoms. The molecule has 1 heterocycles. The second-order valence-corrected chi connectivity index (χ2v) is 7.35. The topological polar surface area (TPSA) is 143 Å². The van der Waals surface area contributed by atoms with Gasteiger partial charge in [-0.3, -0.25) is 9.59 Å². The summed E-state index contributed by atoms with van der Waals surface area (Å²) in [7, 11) is 0. The van der Waals surface area contributed by atoms with Crippen molar-refractivity contribution >= 4 is 28.8 Å². The molecule has 1 aromatic carbocycles. The van der Waals surface area contributed by atoms with Crippen molar-refractivity contribution in [2.75, 3.05) is 0 Å². The number of aliphatic carboxylic acids is 2. The first-order valence-electron chi connectivity index (χ1n) is 10.1. The van der Waals surface area contributed by atoms with Crippen molar-refractivity contribution in [2.24, 2.45) is 0 Å². The Morgan fingerprint density at radius 1 is 1.23 bits per heavy atom. The van der Waals surface area contributed by atoms with E-state index in [-0.39, 0.29) is 6.42 Å². The third-order valence-corrected chi connectivity index (χ3v) is 4.93. The maximum Gasteiger partial charge on any atom is 0.336 e. The first-order valence-corrected chi connectivity index (χ1v) is 10.1. The molecule has 0 spiro atoms. The second-order valence-electron chi connectivity index (χ2n) is 7.35. The lowest BCUT2D eigenvalue weighted by Gasteiger charge is -2.20. The van der Waals surface area contributed by atoms with E-state index in [9.17, 15) is 24.3 Å². The van der Waals surface area contributed by atoms with Gasteiger partial charge < -0.3 is 24.7 Å². The highest BCUT2D eigenvalue weighted by Crippen LogP contribution is 2.29. The van der Waals surface area contributed by atoms with E-state index < -0.39 is 42.0 Å². The van der Waals surface area contributed by atoms with Crippen LogP contribution in [0.25, 0.3) is 11.0 Å². The molecule has 2 aromatic rings. The maximum atomic E-state index is 12.4. The Morgan fingerprint density at radius 3 is 2.55 bits per heavy atom. The molecule has 0 saturated carbocycles. The molecule has 2 unspecified atom stereocenters. The minimum atomic E-state index is -1.34. The van der Waals surface area contributed by atoms with Crippen LogP contribution in [-0.4, -0.2) is 40.2 Å². The number of benzene rings is 1. The summed E-state index contributed by atoms with van der Waals surface area (Å²) in [6.45, 7) is 5.22. The minimum absolute atomic E-state index is 0.246. The Balaban J connectivity index is 2.21. The molecule has 1 amide bonds. The zero-order chi connectivity index (χ0) is 23.1. The molecule has 31 heavy (non-hydrogen) atoms. The third kappa shape index (κ3) is 6.31. The van der Waals surface area contributed by atoms with Crippen molar-refractivity contribution in [3.8, 4) is 5.75 Å². The van der Waals surface area contributed by atoms with Gasteiger partial charge >= 0.3 is 17.6 Å². The highest BCUT2D eigenvalue weighted by molar-refractivity contribution is 5.87. The van der Waals surface area contributed by atoms with Crippen LogP contribution in [0.5, 0.6) is 5.75 Å². The van der Waals surface area contributed by atoms with E-state index in [2.05, 4.69) is 12.2 Å². The van der Waals surface area contributed by atoms with Crippen molar-refractivity contribution < 1.29 is 33.8 Å². The lowest BCUT2D eigenvalue weighted by atomic mass is 10.0. The van der Waals surface area contributed by atoms with E-state index in [4.69, 9.17) is 14.3 Å². The van der Waals surface area contributed by atoms with E-state index in [1.165, 1.54) is 13.0 Å². The zero-order valence-electron chi connectivity index (χ0n) is 17.8. The lowest BCUT2D eigenvalue weighted by Crippen LogP contribution is -2.46. The minimum Gasteiger partial charge on any atom is -0.481 e. The Hall–Kier alpha value is -3.36. The number of amides is 1. The smallest absolute Gasteiger partial charge is 0.336 e. The third-order valence-electron chi connectivity index (χ3n) is 4.93. The van der Waals surface area contributed by atoms with Crippen LogP contribution >= 0.6 is 0 Å². The van der Waals surface area contributed by atoms with Crippen molar-refractivity contribution in [2.45, 2.75) is 65.0 Å². The first kappa shape index (κ1) is 23.9. The Bertz CT molecular complexity index is 1030. The molecule has 0 radical (unpaired) electrons. The summed E-state index contributed by atoms with van der Waals surface area (Å²) in [4.78, 5) is 46.3. The molecule has 2 rings (SSSR count). The quantitative estimate of drug-likeness (QED) is 0.459. The number of rotatable bonds is 11. The SMILES string of the molecule is CCCCc1cc(=O)oc2c(C)c(OC(C)C(=O)NC(CCC(=O)O)C(=O)O)ccc12. The summed E-state index contributed by atoms with van der Waals surface area (Å²) >= 11 is 0. The molecular formula is C22H27NO8. The number of carboxylic acid groups (broad SMARTS) is 2. The predicted octanol–water partition coefficient (Wildman–Crippen LogP) is 2.65. The summed E-state index contributed by atoms with van der Waals surface area (Å²) in [5.74, 6) is -2.86. The highest BCUT2D eigenvalue weighted by atomic mass is 16.5. The van der Waals surface area contributed by atoms with Crippen LogP contribution in [0.2, 0.25) is 0 Å². The lowest BCUT2D eigenvalue weighted by molar-refractivity contribution is -0.144. The van der Waals surface area contributed by atoms with E-state index in [0.29, 0.717) is 16.9 Å². The molecule has 2 atom stereocenters. The predicted molar refractivity (Wildman–Crippen MR) is 112 cm³/mol. The largest absolute Gasteiger partial charge is 0.481 e. The van der Waals surface area contributed by atoms with Crippen LogP contribution in [0.15, 0.2) is 27.4 Å². The average Bonchev–Trinajstić information content (AvgIpc) is 2.70. The number of unbranched alkanes of at least 4 members (excludes halogenated alkanes) is 1. The van der Waals surface area contributed by atoms with Gasteiger partial charge in [-0.2, -0.15) is 0 Å². The van der Waals surface area contributed by atoms with Gasteiger partial charge in [0.25, 0.3) is 5.91 Å². The van der Waals surface area contributed by atoms with Gasteiger partial charge in [0, 0.05) is 23.4 Å². The van der Waals surface area contributed by atoms with Crippen molar-refractivity contribution in [3.63, 3.8) is 0 Å². The Morgan fingerprint density at radius 2 is 1.94 bits per heavy atom. The number of hydrogen-bond acceptors (Lipinski definition) is 6. The van der Waals surface area contributed by atoms with Crippen molar-refractivity contribution in [1.29, 1.82) is 0 Å². The summed E-state index contributed by atoms with van der Waals surface area (Å²) < 4.78 is 11.1. The number of ether oxygens (including phenoxy) is 1. The second kappa shape index (κ2) is 10.6. The monoisotopic (exact) mass is 433 g/mol. The molecule has 1 aromatic heterocycles. The van der Waals surface area contributed by atoms with Crippen molar-refractivity contribution in [3.05, 3.63) is 39.7 Å². The van der Waals surface area contributed by atoms with Gasteiger partial charge in [-0.1, -0.05) is 13.3 Å². The van der Waals surface area contributed by atoms with Gasteiger partial charge in [0.1, 0.15) is 17.4 Å². The number of nitrogens with one attached hydrogen (secondary N) is 1. The van der Waals surface area contributed by atoms with Crippen LogP contribution in [-0.2, 0) is 20.8 Å². The molecule has 0 aliphatic rings. The summed E-state index contributed by atoms with van der Waals surface area (Å²) in [5, 5.41) is 21.0. The normalized spacial score (nSPS) is 12.9. The van der Waals surface area contributed by atoms with Crippen LogP contribution in [0.4, 0.5) is 0 Å². The van der Waals surface area contributed by atoms with E-state index >= 15 is 0 Å². The molecular weight excluding hydrogens is 406 g/mol. The number of carbonyl (C=O) groups is 3. The summed E-state index contributed by atoms with van der Waals surface area (Å²) in [6, 6.07) is 3.59. The Kier molecular flexibility index (Phi) is 8.18. The molecule has 0 aliphatic heterocycles. The van der Waals surface area contributed by atoms with E-state index in [1.54, 1.807) is 19.1 Å². The molecule has 0 aliphatic carbocycles. The van der Waals surface area contributed by atoms with Gasteiger partial charge in [-0.15, -0.1) is 0 Å². The van der Waals surface area contributed by atoms with Crippen LogP contribution in [0, 0.1) is 6.92 Å². The van der Waals surface area contributed by atoms with E-state index in [0.717, 1.165) is 30.2 Å². The van der Waals surface area contributed by atoms with Gasteiger partial charge in [-0.05, 0) is 50.8 Å². The van der Waals surface area contributed by atoms with Gasteiger partial charge in [0.15, 0.2) is 6.10 Å². The molecule has 168 valence electrons. The standard InChI is InChI=1S/C22H27NO8/c1-4-5-6-14-11-19(26)31-20-12(2)17(9-7-15(14)20)30-13(3)21(27)23-16(22(28)29)8-10-18(24)25/h7,9,11,13,16H,4-6,8,10H2,1-3H3,(H,23,27)(H,24,25)(H,28,29). The number of aryl methyl sites for hydroxylation is 2. The fraction of sp³-hybridized carbons (Fsp3) is 0.455. The van der Waals surface area contributed by atoms with Crippen LogP contribution in [0.3, 0.4) is 0 Å². The fourth-order valence-electron chi connectivity index (χ4n) is 3.17. The maximum absolute atomic E-state index is 12.4. The average molecular weight is 433 g/mol.